The zero-order valence-electron chi connectivity index (χ0n) is 11.4. The topological polar surface area (TPSA) is 110 Å². The minimum atomic E-state index is -0.551. The van der Waals surface area contributed by atoms with Crippen LogP contribution in [-0.2, 0) is 0 Å². The molecular weight excluding hydrogens is 356 g/mol. The van der Waals surface area contributed by atoms with Crippen LogP contribution in [0.3, 0.4) is 0 Å². The molecule has 114 valence electrons. The highest BCUT2D eigenvalue weighted by Crippen LogP contribution is 2.34. The van der Waals surface area contributed by atoms with E-state index in [2.05, 4.69) is 31.4 Å². The Kier molecular flexibility index (Phi) is 4.89. The van der Waals surface area contributed by atoms with Crippen LogP contribution in [0.15, 0.2) is 40.0 Å². The van der Waals surface area contributed by atoms with Crippen LogP contribution in [0.25, 0.3) is 0 Å². The number of ether oxygens (including phenoxy) is 1. The molecule has 0 saturated carbocycles. The third kappa shape index (κ3) is 3.50. The van der Waals surface area contributed by atoms with Gasteiger partial charge in [0, 0.05) is 12.3 Å². The molecule has 2 aromatic rings. The van der Waals surface area contributed by atoms with Gasteiger partial charge in [0.25, 0.3) is 0 Å². The summed E-state index contributed by atoms with van der Waals surface area (Å²) >= 11 is 3.19. The Morgan fingerprint density at radius 2 is 2.32 bits per heavy atom. The van der Waals surface area contributed by atoms with Crippen molar-refractivity contribution >= 4 is 33.6 Å². The summed E-state index contributed by atoms with van der Waals surface area (Å²) in [5.41, 5.74) is 2.95. The van der Waals surface area contributed by atoms with E-state index in [4.69, 9.17) is 4.74 Å². The lowest BCUT2D eigenvalue weighted by Gasteiger charge is -2.06. The number of aromatic hydroxyl groups is 1. The zero-order valence-corrected chi connectivity index (χ0v) is 12.9. The van der Waals surface area contributed by atoms with Crippen LogP contribution in [0.5, 0.6) is 11.5 Å². The molecule has 0 aliphatic carbocycles. The molecule has 22 heavy (non-hydrogen) atoms. The van der Waals surface area contributed by atoms with Crippen molar-refractivity contribution in [2.75, 3.05) is 12.5 Å². The van der Waals surface area contributed by atoms with Crippen LogP contribution in [0, 0.1) is 10.1 Å². The first-order valence-corrected chi connectivity index (χ1v) is 6.77. The molecule has 2 N–H and O–H groups in total. The molecule has 0 aliphatic rings. The maximum absolute atomic E-state index is 10.8. The second-order valence-electron chi connectivity index (χ2n) is 4.05. The van der Waals surface area contributed by atoms with E-state index in [9.17, 15) is 15.2 Å². The van der Waals surface area contributed by atoms with E-state index in [0.29, 0.717) is 10.0 Å². The van der Waals surface area contributed by atoms with Gasteiger partial charge in [-0.2, -0.15) is 5.10 Å². The molecule has 2 rings (SSSR count). The number of nitrogens with zero attached hydrogens (tertiary/aromatic N) is 3. The van der Waals surface area contributed by atoms with Crippen molar-refractivity contribution in [2.24, 2.45) is 5.10 Å². The summed E-state index contributed by atoms with van der Waals surface area (Å²) in [6, 6.07) is 5.98. The van der Waals surface area contributed by atoms with Gasteiger partial charge in [-0.15, -0.1) is 0 Å². The number of halogens is 1. The minimum Gasteiger partial charge on any atom is -0.503 e. The Morgan fingerprint density at radius 3 is 3.00 bits per heavy atom. The van der Waals surface area contributed by atoms with Gasteiger partial charge in [-0.1, -0.05) is 0 Å². The van der Waals surface area contributed by atoms with Gasteiger partial charge >= 0.3 is 5.69 Å². The molecule has 1 aromatic heterocycles. The number of hydrogen-bond donors (Lipinski definition) is 2. The van der Waals surface area contributed by atoms with Crippen LogP contribution < -0.4 is 10.2 Å². The lowest BCUT2D eigenvalue weighted by atomic mass is 10.2. The Morgan fingerprint density at radius 1 is 1.55 bits per heavy atom. The van der Waals surface area contributed by atoms with Gasteiger partial charge in [-0.25, -0.2) is 4.98 Å². The number of phenols is 1. The normalized spacial score (nSPS) is 10.6. The summed E-state index contributed by atoms with van der Waals surface area (Å²) in [7, 11) is 1.43. The molecule has 1 aromatic carbocycles. The second kappa shape index (κ2) is 6.85. The van der Waals surface area contributed by atoms with Crippen LogP contribution in [0.4, 0.5) is 11.5 Å². The molecule has 9 heteroatoms. The van der Waals surface area contributed by atoms with Gasteiger partial charge in [-0.3, -0.25) is 15.5 Å². The van der Waals surface area contributed by atoms with Gasteiger partial charge < -0.3 is 9.84 Å². The number of methoxy groups -OCH3 is 1. The fraction of sp³-hybridized carbons (Fsp3) is 0.0769. The summed E-state index contributed by atoms with van der Waals surface area (Å²) in [6.45, 7) is 0. The van der Waals surface area contributed by atoms with Gasteiger partial charge in [0.05, 0.1) is 22.7 Å². The largest absolute Gasteiger partial charge is 0.503 e. The summed E-state index contributed by atoms with van der Waals surface area (Å²) in [5, 5.41) is 24.5. The second-order valence-corrected chi connectivity index (χ2v) is 4.91. The van der Waals surface area contributed by atoms with E-state index in [1.54, 1.807) is 12.1 Å². The minimum absolute atomic E-state index is 0.0204. The standard InChI is InChI=1S/C13H11BrN4O4/c1-22-11-6-8(5-9(14)12(11)19)7-16-17-13-10(18(20)21)3-2-4-15-13/h2-7,19H,1H3,(H,15,17)/b16-7-. The Labute approximate surface area is 133 Å². The fourth-order valence-corrected chi connectivity index (χ4v) is 2.08. The van der Waals surface area contributed by atoms with Crippen molar-refractivity contribution < 1.29 is 14.8 Å². The predicted molar refractivity (Wildman–Crippen MR) is 84.5 cm³/mol. The molecule has 8 nitrogen and oxygen atoms in total. The Bertz CT molecular complexity index is 736. The zero-order chi connectivity index (χ0) is 16.1. The van der Waals surface area contributed by atoms with Crippen molar-refractivity contribution in [1.29, 1.82) is 0 Å². The van der Waals surface area contributed by atoms with E-state index in [-0.39, 0.29) is 23.0 Å². The number of nitro groups is 1. The number of benzene rings is 1. The van der Waals surface area contributed by atoms with Gasteiger partial charge in [0.15, 0.2) is 11.5 Å². The molecule has 1 heterocycles. The van der Waals surface area contributed by atoms with Crippen molar-refractivity contribution in [3.05, 3.63) is 50.6 Å². The lowest BCUT2D eigenvalue weighted by Crippen LogP contribution is -1.99. The molecule has 0 aliphatic heterocycles. The Balaban J connectivity index is 2.20. The number of rotatable bonds is 5. The van der Waals surface area contributed by atoms with Crippen molar-refractivity contribution in [2.45, 2.75) is 0 Å². The average molecular weight is 367 g/mol. The fourth-order valence-electron chi connectivity index (χ4n) is 1.62. The molecular formula is C13H11BrN4O4. The molecule has 0 unspecified atom stereocenters. The van der Waals surface area contributed by atoms with E-state index >= 15 is 0 Å². The van der Waals surface area contributed by atoms with Crippen molar-refractivity contribution in [1.82, 2.24) is 4.98 Å². The predicted octanol–water partition coefficient (Wildman–Crippen LogP) is 2.91. The lowest BCUT2D eigenvalue weighted by molar-refractivity contribution is -0.384. The van der Waals surface area contributed by atoms with Crippen molar-refractivity contribution in [3.8, 4) is 11.5 Å². The Hall–Kier alpha value is -2.68. The first-order valence-electron chi connectivity index (χ1n) is 5.98. The summed E-state index contributed by atoms with van der Waals surface area (Å²) < 4.78 is 5.46. The first-order chi connectivity index (χ1) is 10.5. The molecule has 0 amide bonds. The average Bonchev–Trinajstić information content (AvgIpc) is 2.51. The first kappa shape index (κ1) is 15.7. The SMILES string of the molecule is COc1cc(/C=N\Nc2ncccc2[N+](=O)[O-])cc(Br)c1O. The third-order valence-electron chi connectivity index (χ3n) is 2.64. The quantitative estimate of drug-likeness (QED) is 0.478. The highest BCUT2D eigenvalue weighted by Gasteiger charge is 2.13. The highest BCUT2D eigenvalue weighted by molar-refractivity contribution is 9.10. The van der Waals surface area contributed by atoms with E-state index in [1.807, 2.05) is 0 Å². The molecule has 0 saturated heterocycles. The van der Waals surface area contributed by atoms with Crippen LogP contribution in [-0.4, -0.2) is 28.3 Å². The summed E-state index contributed by atoms with van der Waals surface area (Å²) in [6.07, 6.45) is 2.84. The summed E-state index contributed by atoms with van der Waals surface area (Å²) in [5.74, 6) is 0.293. The molecule has 0 radical (unpaired) electrons. The monoisotopic (exact) mass is 366 g/mol. The number of hydrazone groups is 1. The highest BCUT2D eigenvalue weighted by atomic mass is 79.9. The molecule has 0 bridgehead atoms. The van der Waals surface area contributed by atoms with Crippen LogP contribution in [0.2, 0.25) is 0 Å². The molecule has 0 atom stereocenters. The van der Waals surface area contributed by atoms with Gasteiger partial charge in [0.1, 0.15) is 0 Å². The maximum Gasteiger partial charge on any atom is 0.313 e. The maximum atomic E-state index is 10.8. The number of anilines is 1. The third-order valence-corrected chi connectivity index (χ3v) is 3.24. The number of aromatic nitrogens is 1. The van der Waals surface area contributed by atoms with E-state index in [0.717, 1.165) is 0 Å². The number of phenolic OH excluding ortho intramolecular Hbond substituents is 1. The van der Waals surface area contributed by atoms with Crippen molar-refractivity contribution in [3.63, 3.8) is 0 Å². The number of hydrogen-bond acceptors (Lipinski definition) is 7. The smallest absolute Gasteiger partial charge is 0.313 e. The van der Waals surface area contributed by atoms with Crippen LogP contribution in [0.1, 0.15) is 5.56 Å². The number of nitrogens with one attached hydrogen (secondary N) is 1. The summed E-state index contributed by atoms with van der Waals surface area (Å²) in [4.78, 5) is 14.1. The van der Waals surface area contributed by atoms with Gasteiger partial charge in [0.2, 0.25) is 5.82 Å². The number of pyridine rings is 1. The van der Waals surface area contributed by atoms with Crippen LogP contribution >= 0.6 is 15.9 Å². The van der Waals surface area contributed by atoms with E-state index < -0.39 is 4.92 Å². The van der Waals surface area contributed by atoms with E-state index in [1.165, 1.54) is 31.7 Å². The molecule has 0 spiro atoms. The molecule has 0 fully saturated rings. The van der Waals surface area contributed by atoms with Gasteiger partial charge in [-0.05, 0) is 39.7 Å².